The number of alkyl halides is 2. The van der Waals surface area contributed by atoms with Crippen molar-refractivity contribution in [2.45, 2.75) is 44.6 Å². The molecular formula is C13H15F2N2OV-. The van der Waals surface area contributed by atoms with E-state index in [9.17, 15) is 13.6 Å². The van der Waals surface area contributed by atoms with Gasteiger partial charge in [-0.1, -0.05) is 6.92 Å². The molecule has 1 fully saturated rings. The zero-order valence-corrected chi connectivity index (χ0v) is 12.0. The van der Waals surface area contributed by atoms with Crippen molar-refractivity contribution in [1.82, 2.24) is 4.98 Å². The number of nitrogens with zero attached hydrogens (tertiary/aromatic N) is 1. The molecule has 0 aromatic carbocycles. The van der Waals surface area contributed by atoms with Gasteiger partial charge in [-0.05, 0) is 6.42 Å². The first-order valence-corrected chi connectivity index (χ1v) is 6.06. The second-order valence-electron chi connectivity index (χ2n) is 4.60. The van der Waals surface area contributed by atoms with Crippen LogP contribution in [0.1, 0.15) is 43.1 Å². The van der Waals surface area contributed by atoms with Crippen molar-refractivity contribution >= 4 is 11.6 Å². The van der Waals surface area contributed by atoms with Gasteiger partial charge in [0.2, 0.25) is 0 Å². The largest absolute Gasteiger partial charge is 0.382 e. The second kappa shape index (κ2) is 6.48. The Morgan fingerprint density at radius 2 is 2.26 bits per heavy atom. The van der Waals surface area contributed by atoms with Crippen molar-refractivity contribution < 1.29 is 32.1 Å². The predicted molar refractivity (Wildman–Crippen MR) is 63.9 cm³/mol. The molecule has 1 N–H and O–H groups in total. The number of pyridine rings is 1. The fourth-order valence-electron chi connectivity index (χ4n) is 1.93. The number of carbonyl (C=O) groups excluding carboxylic acids is 1. The Hall–Kier alpha value is -0.936. The van der Waals surface area contributed by atoms with Crippen molar-refractivity contribution in [3.8, 4) is 0 Å². The van der Waals surface area contributed by atoms with E-state index in [-0.39, 0.29) is 43.2 Å². The standard InChI is InChI=1S/C13H15F2N2O.V/c1-2-4-11(18)10-5-3-6-12(17-10)16-9-7-13(14,15)8-9;/h3,5,9H,2,4,7-8H2,1H3,(H,16,17);/q-1;. The normalized spacial score (nSPS) is 17.2. The Labute approximate surface area is 123 Å². The smallest absolute Gasteiger partial charge is 0.252 e. The van der Waals surface area contributed by atoms with Gasteiger partial charge < -0.3 is 5.32 Å². The van der Waals surface area contributed by atoms with Gasteiger partial charge in [0, 0.05) is 55.4 Å². The number of rotatable bonds is 5. The number of carbonyl (C=O) groups is 1. The average Bonchev–Trinajstić information content (AvgIpc) is 2.27. The second-order valence-corrected chi connectivity index (χ2v) is 4.60. The van der Waals surface area contributed by atoms with Crippen LogP contribution in [0.2, 0.25) is 0 Å². The zero-order chi connectivity index (χ0) is 13.2. The van der Waals surface area contributed by atoms with Gasteiger partial charge in [0.05, 0.1) is 0 Å². The maximum absolute atomic E-state index is 12.7. The number of Topliss-reactive ketones (excluding diaryl/α,β-unsaturated/α-hetero) is 1. The van der Waals surface area contributed by atoms with Gasteiger partial charge in [0.25, 0.3) is 5.92 Å². The van der Waals surface area contributed by atoms with Gasteiger partial charge in [0.15, 0.2) is 5.78 Å². The maximum Gasteiger partial charge on any atom is 0.252 e. The van der Waals surface area contributed by atoms with Gasteiger partial charge in [-0.15, -0.1) is 0 Å². The Morgan fingerprint density at radius 1 is 1.58 bits per heavy atom. The van der Waals surface area contributed by atoms with E-state index in [2.05, 4.69) is 16.4 Å². The number of anilines is 1. The summed E-state index contributed by atoms with van der Waals surface area (Å²) in [4.78, 5) is 15.7. The minimum absolute atomic E-state index is 0. The molecule has 1 saturated carbocycles. The molecule has 1 aromatic heterocycles. The third kappa shape index (κ3) is 4.28. The van der Waals surface area contributed by atoms with Gasteiger partial charge in [-0.25, -0.2) is 20.9 Å². The molecule has 0 spiro atoms. The first kappa shape index (κ1) is 16.1. The minimum Gasteiger partial charge on any atom is -0.382 e. The minimum atomic E-state index is -2.56. The van der Waals surface area contributed by atoms with Crippen LogP contribution in [-0.2, 0) is 18.6 Å². The fraction of sp³-hybridized carbons (Fsp3) is 0.538. The Balaban J connectivity index is 0.00000180. The van der Waals surface area contributed by atoms with Crippen molar-refractivity contribution in [3.63, 3.8) is 0 Å². The number of hydrogen-bond acceptors (Lipinski definition) is 3. The van der Waals surface area contributed by atoms with E-state index in [1.807, 2.05) is 6.92 Å². The van der Waals surface area contributed by atoms with Crippen LogP contribution in [0.5, 0.6) is 0 Å². The van der Waals surface area contributed by atoms with Crippen LogP contribution >= 0.6 is 0 Å². The monoisotopic (exact) mass is 304 g/mol. The van der Waals surface area contributed by atoms with Crippen LogP contribution in [0.15, 0.2) is 12.1 Å². The summed E-state index contributed by atoms with van der Waals surface area (Å²) in [5.74, 6) is -2.22. The van der Waals surface area contributed by atoms with Crippen LogP contribution in [0.4, 0.5) is 14.6 Å². The number of halogens is 2. The molecule has 1 aromatic rings. The Kier molecular flexibility index (Phi) is 5.50. The van der Waals surface area contributed by atoms with E-state index in [1.165, 1.54) is 0 Å². The molecule has 0 unspecified atom stereocenters. The molecular weight excluding hydrogens is 289 g/mol. The van der Waals surface area contributed by atoms with E-state index in [0.29, 0.717) is 17.9 Å². The van der Waals surface area contributed by atoms with E-state index in [0.717, 1.165) is 6.42 Å². The van der Waals surface area contributed by atoms with E-state index in [1.54, 1.807) is 12.1 Å². The molecule has 1 aliphatic carbocycles. The fourth-order valence-corrected chi connectivity index (χ4v) is 1.93. The molecule has 1 radical (unpaired) electrons. The summed E-state index contributed by atoms with van der Waals surface area (Å²) >= 11 is 0. The van der Waals surface area contributed by atoms with Crippen molar-refractivity contribution in [2.75, 3.05) is 5.32 Å². The SMILES string of the molecule is CCCC(=O)c1cc[c-]c(NC2CC(F)(F)C2)n1.[V]. The summed E-state index contributed by atoms with van der Waals surface area (Å²) in [5.41, 5.74) is 0.365. The van der Waals surface area contributed by atoms with Crippen LogP contribution in [0, 0.1) is 6.07 Å². The maximum atomic E-state index is 12.7. The first-order valence-electron chi connectivity index (χ1n) is 6.06. The van der Waals surface area contributed by atoms with E-state index in [4.69, 9.17) is 0 Å². The van der Waals surface area contributed by atoms with Crippen molar-refractivity contribution in [1.29, 1.82) is 0 Å². The van der Waals surface area contributed by atoms with Gasteiger partial charge >= 0.3 is 0 Å². The molecule has 0 atom stereocenters. The molecule has 2 rings (SSSR count). The van der Waals surface area contributed by atoms with Crippen LogP contribution in [-0.4, -0.2) is 22.7 Å². The summed E-state index contributed by atoms with van der Waals surface area (Å²) < 4.78 is 25.3. The Bertz CT molecular complexity index is 446. The molecule has 0 saturated heterocycles. The van der Waals surface area contributed by atoms with Gasteiger partial charge in [-0.3, -0.25) is 9.78 Å². The quantitative estimate of drug-likeness (QED) is 0.671. The predicted octanol–water partition coefficient (Wildman–Crippen LogP) is 3.07. The molecule has 19 heavy (non-hydrogen) atoms. The van der Waals surface area contributed by atoms with E-state index >= 15 is 0 Å². The summed E-state index contributed by atoms with van der Waals surface area (Å²) in [6.07, 6.45) is 0.833. The molecule has 1 aliphatic rings. The topological polar surface area (TPSA) is 42.0 Å². The summed E-state index contributed by atoms with van der Waals surface area (Å²) in [5, 5.41) is 2.87. The zero-order valence-electron chi connectivity index (χ0n) is 10.6. The number of nitrogens with one attached hydrogen (secondary N) is 1. The van der Waals surface area contributed by atoms with Crippen molar-refractivity contribution in [2.24, 2.45) is 0 Å². The van der Waals surface area contributed by atoms with Crippen LogP contribution < -0.4 is 5.32 Å². The molecule has 1 heterocycles. The average molecular weight is 304 g/mol. The summed E-state index contributed by atoms with van der Waals surface area (Å²) in [6.45, 7) is 1.92. The first-order chi connectivity index (χ1) is 8.50. The molecule has 0 bridgehead atoms. The van der Waals surface area contributed by atoms with Gasteiger partial charge in [-0.2, -0.15) is 6.07 Å². The molecule has 6 heteroatoms. The third-order valence-electron chi connectivity index (χ3n) is 2.89. The van der Waals surface area contributed by atoms with Crippen LogP contribution in [0.3, 0.4) is 0 Å². The summed E-state index contributed by atoms with van der Waals surface area (Å²) in [6, 6.07) is 5.72. The van der Waals surface area contributed by atoms with Crippen molar-refractivity contribution in [3.05, 3.63) is 23.9 Å². The molecule has 0 aliphatic heterocycles. The number of aromatic nitrogens is 1. The Morgan fingerprint density at radius 3 is 2.84 bits per heavy atom. The molecule has 3 nitrogen and oxygen atoms in total. The number of ketones is 1. The van der Waals surface area contributed by atoms with Crippen LogP contribution in [0.25, 0.3) is 0 Å². The molecule has 103 valence electrons. The number of hydrogen-bond donors (Lipinski definition) is 1. The third-order valence-corrected chi connectivity index (χ3v) is 2.89. The molecule has 0 amide bonds. The van der Waals surface area contributed by atoms with E-state index < -0.39 is 5.92 Å². The summed E-state index contributed by atoms with van der Waals surface area (Å²) in [7, 11) is 0. The van der Waals surface area contributed by atoms with Gasteiger partial charge in [0.1, 0.15) is 0 Å².